The van der Waals surface area contributed by atoms with Gasteiger partial charge in [0.1, 0.15) is 5.75 Å². The molecule has 3 amide bonds. The zero-order valence-corrected chi connectivity index (χ0v) is 12.7. The minimum Gasteiger partial charge on any atom is -0.494 e. The molecule has 0 unspecified atom stereocenters. The number of carbonyl (C=O) groups excluding carboxylic acids is 2. The van der Waals surface area contributed by atoms with Gasteiger partial charge in [-0.05, 0) is 31.2 Å². The Balaban J connectivity index is 1.94. The minimum absolute atomic E-state index is 0.00168. The first-order valence-electron chi connectivity index (χ1n) is 7.32. The van der Waals surface area contributed by atoms with Gasteiger partial charge < -0.3 is 20.3 Å². The van der Waals surface area contributed by atoms with Crippen molar-refractivity contribution in [1.82, 2.24) is 10.6 Å². The number of hydrogen-bond acceptors (Lipinski definition) is 3. The van der Waals surface area contributed by atoms with Gasteiger partial charge in [-0.1, -0.05) is 6.08 Å². The molecule has 1 fully saturated rings. The van der Waals surface area contributed by atoms with E-state index in [1.807, 2.05) is 31.2 Å². The fourth-order valence-corrected chi connectivity index (χ4v) is 2.34. The third kappa shape index (κ3) is 4.00. The zero-order valence-electron chi connectivity index (χ0n) is 12.7. The Hall–Kier alpha value is -2.50. The second kappa shape index (κ2) is 7.49. The highest BCUT2D eigenvalue weighted by atomic mass is 16.5. The molecule has 6 heteroatoms. The number of carbonyl (C=O) groups is 2. The summed E-state index contributed by atoms with van der Waals surface area (Å²) >= 11 is 0. The molecule has 0 bridgehead atoms. The zero-order chi connectivity index (χ0) is 15.9. The third-order valence-electron chi connectivity index (χ3n) is 3.33. The molecule has 1 heterocycles. The third-order valence-corrected chi connectivity index (χ3v) is 3.33. The van der Waals surface area contributed by atoms with Crippen molar-refractivity contribution in [3.63, 3.8) is 0 Å². The number of nitrogens with zero attached hydrogens (tertiary/aromatic N) is 1. The Morgan fingerprint density at radius 3 is 2.82 bits per heavy atom. The van der Waals surface area contributed by atoms with Gasteiger partial charge in [0.15, 0.2) is 0 Å². The van der Waals surface area contributed by atoms with Crippen LogP contribution in [0.15, 0.2) is 36.9 Å². The molecule has 118 valence electrons. The molecule has 1 saturated heterocycles. The van der Waals surface area contributed by atoms with Gasteiger partial charge in [0.25, 0.3) is 0 Å². The number of rotatable bonds is 6. The van der Waals surface area contributed by atoms with Gasteiger partial charge in [-0.3, -0.25) is 4.79 Å². The monoisotopic (exact) mass is 303 g/mol. The molecule has 0 aromatic heterocycles. The van der Waals surface area contributed by atoms with E-state index in [1.165, 1.54) is 0 Å². The van der Waals surface area contributed by atoms with E-state index in [-0.39, 0.29) is 18.0 Å². The van der Waals surface area contributed by atoms with Crippen LogP contribution < -0.4 is 20.3 Å². The standard InChI is InChI=1S/C16H21N3O3/c1-3-9-17-16(21)18-12-10-15(20)19(11-12)13-5-7-14(8-6-13)22-4-2/h3,5-8,12H,1,4,9-11H2,2H3,(H2,17,18,21)/t12-/m1/s1. The van der Waals surface area contributed by atoms with Crippen molar-refractivity contribution in [2.45, 2.75) is 19.4 Å². The maximum Gasteiger partial charge on any atom is 0.315 e. The van der Waals surface area contributed by atoms with Crippen LogP contribution in [-0.2, 0) is 4.79 Å². The predicted octanol–water partition coefficient (Wildman–Crippen LogP) is 1.68. The molecular weight excluding hydrogens is 282 g/mol. The van der Waals surface area contributed by atoms with Crippen molar-refractivity contribution in [3.05, 3.63) is 36.9 Å². The minimum atomic E-state index is -0.286. The van der Waals surface area contributed by atoms with E-state index in [0.717, 1.165) is 11.4 Å². The van der Waals surface area contributed by atoms with Gasteiger partial charge in [-0.2, -0.15) is 0 Å². The highest BCUT2D eigenvalue weighted by Gasteiger charge is 2.31. The summed E-state index contributed by atoms with van der Waals surface area (Å²) in [5, 5.41) is 5.43. The lowest BCUT2D eigenvalue weighted by molar-refractivity contribution is -0.117. The van der Waals surface area contributed by atoms with Crippen LogP contribution in [-0.4, -0.2) is 37.7 Å². The van der Waals surface area contributed by atoms with E-state index in [0.29, 0.717) is 26.1 Å². The topological polar surface area (TPSA) is 70.7 Å². The smallest absolute Gasteiger partial charge is 0.315 e. The van der Waals surface area contributed by atoms with Gasteiger partial charge in [-0.25, -0.2) is 4.79 Å². The number of urea groups is 1. The van der Waals surface area contributed by atoms with Gasteiger partial charge in [-0.15, -0.1) is 6.58 Å². The van der Waals surface area contributed by atoms with Crippen LogP contribution in [0.2, 0.25) is 0 Å². The maximum atomic E-state index is 12.1. The maximum absolute atomic E-state index is 12.1. The first kappa shape index (κ1) is 15.9. The van der Waals surface area contributed by atoms with E-state index >= 15 is 0 Å². The SMILES string of the molecule is C=CCNC(=O)N[C@@H]1CC(=O)N(c2ccc(OCC)cc2)C1. The Kier molecular flexibility index (Phi) is 5.41. The summed E-state index contributed by atoms with van der Waals surface area (Å²) < 4.78 is 5.38. The molecule has 1 aliphatic heterocycles. The molecule has 2 N–H and O–H groups in total. The summed E-state index contributed by atoms with van der Waals surface area (Å²) in [6, 6.07) is 6.90. The first-order chi connectivity index (χ1) is 10.6. The lowest BCUT2D eigenvalue weighted by atomic mass is 10.2. The molecule has 1 aliphatic rings. The molecule has 22 heavy (non-hydrogen) atoms. The van der Waals surface area contributed by atoms with Gasteiger partial charge in [0.05, 0.1) is 12.6 Å². The summed E-state index contributed by atoms with van der Waals surface area (Å²) in [6.45, 7) is 6.93. The lowest BCUT2D eigenvalue weighted by Gasteiger charge is -2.17. The van der Waals surface area contributed by atoms with Crippen molar-refractivity contribution in [1.29, 1.82) is 0 Å². The molecule has 1 aromatic carbocycles. The van der Waals surface area contributed by atoms with Crippen LogP contribution in [0.4, 0.5) is 10.5 Å². The van der Waals surface area contributed by atoms with Crippen molar-refractivity contribution < 1.29 is 14.3 Å². The predicted molar refractivity (Wildman–Crippen MR) is 85.1 cm³/mol. The second-order valence-corrected chi connectivity index (χ2v) is 4.98. The Labute approximate surface area is 130 Å². The molecule has 2 rings (SSSR count). The number of benzene rings is 1. The van der Waals surface area contributed by atoms with Gasteiger partial charge in [0.2, 0.25) is 5.91 Å². The fourth-order valence-electron chi connectivity index (χ4n) is 2.34. The van der Waals surface area contributed by atoms with E-state index in [4.69, 9.17) is 4.74 Å². The number of anilines is 1. The van der Waals surface area contributed by atoms with Crippen molar-refractivity contribution in [3.8, 4) is 5.75 Å². The largest absolute Gasteiger partial charge is 0.494 e. The lowest BCUT2D eigenvalue weighted by Crippen LogP contribution is -2.43. The second-order valence-electron chi connectivity index (χ2n) is 4.98. The number of ether oxygens (including phenoxy) is 1. The summed E-state index contributed by atoms with van der Waals surface area (Å²) in [6.07, 6.45) is 1.90. The van der Waals surface area contributed by atoms with Crippen molar-refractivity contribution in [2.24, 2.45) is 0 Å². The van der Waals surface area contributed by atoms with E-state index in [9.17, 15) is 9.59 Å². The highest BCUT2D eigenvalue weighted by molar-refractivity contribution is 5.96. The van der Waals surface area contributed by atoms with Crippen LogP contribution in [0.3, 0.4) is 0 Å². The summed E-state index contributed by atoms with van der Waals surface area (Å²) in [5.41, 5.74) is 0.809. The Morgan fingerprint density at radius 1 is 1.45 bits per heavy atom. The van der Waals surface area contributed by atoms with Crippen LogP contribution >= 0.6 is 0 Å². The van der Waals surface area contributed by atoms with E-state index < -0.39 is 0 Å². The molecule has 1 atom stereocenters. The van der Waals surface area contributed by atoms with Crippen LogP contribution in [0.25, 0.3) is 0 Å². The normalized spacial score (nSPS) is 17.2. The summed E-state index contributed by atoms with van der Waals surface area (Å²) in [5.74, 6) is 0.773. The summed E-state index contributed by atoms with van der Waals surface area (Å²) in [4.78, 5) is 25.4. The number of hydrogen-bond donors (Lipinski definition) is 2. The molecule has 0 radical (unpaired) electrons. The quantitative estimate of drug-likeness (QED) is 0.785. The van der Waals surface area contributed by atoms with Crippen molar-refractivity contribution in [2.75, 3.05) is 24.6 Å². The summed E-state index contributed by atoms with van der Waals surface area (Å²) in [7, 11) is 0. The fraction of sp³-hybridized carbons (Fsp3) is 0.375. The molecular formula is C16H21N3O3. The Bertz CT molecular complexity index is 542. The van der Waals surface area contributed by atoms with Gasteiger partial charge >= 0.3 is 6.03 Å². The first-order valence-corrected chi connectivity index (χ1v) is 7.32. The van der Waals surface area contributed by atoms with Crippen LogP contribution in [0.5, 0.6) is 5.75 Å². The number of amides is 3. The molecule has 0 saturated carbocycles. The van der Waals surface area contributed by atoms with Crippen LogP contribution in [0, 0.1) is 0 Å². The average molecular weight is 303 g/mol. The van der Waals surface area contributed by atoms with E-state index in [2.05, 4.69) is 17.2 Å². The molecule has 0 spiro atoms. The van der Waals surface area contributed by atoms with Crippen molar-refractivity contribution >= 4 is 17.6 Å². The molecule has 1 aromatic rings. The van der Waals surface area contributed by atoms with E-state index in [1.54, 1.807) is 11.0 Å². The van der Waals surface area contributed by atoms with Gasteiger partial charge in [0, 0.05) is 25.2 Å². The highest BCUT2D eigenvalue weighted by Crippen LogP contribution is 2.24. The average Bonchev–Trinajstić information content (AvgIpc) is 2.87. The molecule has 0 aliphatic carbocycles. The van der Waals surface area contributed by atoms with Crippen LogP contribution in [0.1, 0.15) is 13.3 Å². The molecule has 6 nitrogen and oxygen atoms in total. The number of nitrogens with one attached hydrogen (secondary N) is 2. The Morgan fingerprint density at radius 2 is 2.18 bits per heavy atom.